The lowest BCUT2D eigenvalue weighted by atomic mass is 9.88. The predicted octanol–water partition coefficient (Wildman–Crippen LogP) is 3.05. The molecule has 0 heterocycles. The Morgan fingerprint density at radius 2 is 1.94 bits per heavy atom. The first-order chi connectivity index (χ1) is 7.38. The molecule has 0 saturated carbocycles. The van der Waals surface area contributed by atoms with E-state index in [1.807, 2.05) is 7.05 Å². The summed E-state index contributed by atoms with van der Waals surface area (Å²) >= 11 is 3.53. The summed E-state index contributed by atoms with van der Waals surface area (Å²) in [4.78, 5) is 2.25. The molecule has 3 heteroatoms. The highest BCUT2D eigenvalue weighted by Crippen LogP contribution is 2.30. The Hall–Kier alpha value is -0.380. The van der Waals surface area contributed by atoms with Crippen molar-refractivity contribution < 1.29 is 0 Å². The summed E-state index contributed by atoms with van der Waals surface area (Å²) in [7, 11) is 6.24. The van der Waals surface area contributed by atoms with Crippen LogP contribution in [-0.2, 0) is 0 Å². The van der Waals surface area contributed by atoms with Crippen LogP contribution in [0, 0.1) is 0 Å². The summed E-state index contributed by atoms with van der Waals surface area (Å²) < 4.78 is 1.13. The van der Waals surface area contributed by atoms with Gasteiger partial charge in [0.1, 0.15) is 0 Å². The van der Waals surface area contributed by atoms with Crippen molar-refractivity contribution in [2.45, 2.75) is 25.4 Å². The van der Waals surface area contributed by atoms with Gasteiger partial charge in [-0.05, 0) is 52.7 Å². The van der Waals surface area contributed by atoms with E-state index in [0.29, 0.717) is 6.04 Å². The zero-order valence-corrected chi connectivity index (χ0v) is 12.3. The average Bonchev–Trinajstić information content (AvgIpc) is 2.17. The van der Waals surface area contributed by atoms with Gasteiger partial charge in [-0.2, -0.15) is 0 Å². The summed E-state index contributed by atoms with van der Waals surface area (Å²) in [5.74, 6) is 0. The molecule has 0 saturated heterocycles. The molecular formula is C13H21BrN2. The minimum Gasteiger partial charge on any atom is -0.313 e. The smallest absolute Gasteiger partial charge is 0.0519 e. The Morgan fingerprint density at radius 1 is 1.31 bits per heavy atom. The van der Waals surface area contributed by atoms with Crippen LogP contribution in [0.15, 0.2) is 28.7 Å². The van der Waals surface area contributed by atoms with Gasteiger partial charge in [-0.25, -0.2) is 0 Å². The Bertz CT molecular complexity index is 348. The van der Waals surface area contributed by atoms with E-state index in [-0.39, 0.29) is 5.54 Å². The third-order valence-corrected chi connectivity index (χ3v) is 3.50. The fraction of sp³-hybridized carbons (Fsp3) is 0.538. The topological polar surface area (TPSA) is 15.3 Å². The molecule has 1 aromatic rings. The van der Waals surface area contributed by atoms with Crippen molar-refractivity contribution in [3.63, 3.8) is 0 Å². The maximum absolute atomic E-state index is 3.53. The van der Waals surface area contributed by atoms with Crippen LogP contribution in [-0.4, -0.2) is 31.6 Å². The van der Waals surface area contributed by atoms with Crippen molar-refractivity contribution in [2.75, 3.05) is 21.1 Å². The molecule has 0 bridgehead atoms. The second-order valence-electron chi connectivity index (χ2n) is 4.89. The molecule has 1 aromatic carbocycles. The fourth-order valence-electron chi connectivity index (χ4n) is 2.17. The van der Waals surface area contributed by atoms with E-state index in [4.69, 9.17) is 0 Å². The van der Waals surface area contributed by atoms with Crippen LogP contribution < -0.4 is 5.32 Å². The highest BCUT2D eigenvalue weighted by atomic mass is 79.9. The van der Waals surface area contributed by atoms with Gasteiger partial charge < -0.3 is 10.2 Å². The standard InChI is InChI=1S/C13H21BrN2/c1-13(2,15-3)12(16(4)5)10-7-6-8-11(14)9-10/h6-9,12,15H,1-5H3. The minimum atomic E-state index is 0.0320. The highest BCUT2D eigenvalue weighted by molar-refractivity contribution is 9.10. The number of hydrogen-bond acceptors (Lipinski definition) is 2. The maximum atomic E-state index is 3.53. The fourth-order valence-corrected chi connectivity index (χ4v) is 2.59. The molecule has 16 heavy (non-hydrogen) atoms. The molecule has 0 radical (unpaired) electrons. The molecule has 0 spiro atoms. The Morgan fingerprint density at radius 3 is 2.38 bits per heavy atom. The number of likely N-dealkylation sites (N-methyl/N-ethyl adjacent to an activating group) is 2. The molecule has 0 aliphatic rings. The Kier molecular flexibility index (Phi) is 4.53. The number of benzene rings is 1. The summed E-state index contributed by atoms with van der Waals surface area (Å²) in [5.41, 5.74) is 1.35. The summed E-state index contributed by atoms with van der Waals surface area (Å²) in [6.45, 7) is 4.44. The quantitative estimate of drug-likeness (QED) is 0.914. The van der Waals surface area contributed by atoms with E-state index >= 15 is 0 Å². The first-order valence-electron chi connectivity index (χ1n) is 5.49. The molecule has 0 aliphatic carbocycles. The van der Waals surface area contributed by atoms with Gasteiger partial charge >= 0.3 is 0 Å². The van der Waals surface area contributed by atoms with Gasteiger partial charge in [0, 0.05) is 10.0 Å². The van der Waals surface area contributed by atoms with Crippen LogP contribution in [0.3, 0.4) is 0 Å². The van der Waals surface area contributed by atoms with E-state index in [1.54, 1.807) is 0 Å². The largest absolute Gasteiger partial charge is 0.313 e. The third-order valence-electron chi connectivity index (χ3n) is 3.01. The first kappa shape index (κ1) is 13.7. The van der Waals surface area contributed by atoms with Crippen molar-refractivity contribution in [1.29, 1.82) is 0 Å². The molecule has 0 fully saturated rings. The summed E-state index contributed by atoms with van der Waals surface area (Å²) in [6.07, 6.45) is 0. The van der Waals surface area contributed by atoms with Crippen molar-refractivity contribution >= 4 is 15.9 Å². The number of halogens is 1. The van der Waals surface area contributed by atoms with Crippen LogP contribution in [0.2, 0.25) is 0 Å². The summed E-state index contributed by atoms with van der Waals surface area (Å²) in [6, 6.07) is 8.85. The van der Waals surface area contributed by atoms with Gasteiger partial charge in [0.25, 0.3) is 0 Å². The zero-order valence-electron chi connectivity index (χ0n) is 10.7. The molecule has 1 unspecified atom stereocenters. The molecule has 2 nitrogen and oxygen atoms in total. The molecule has 0 aliphatic heterocycles. The first-order valence-corrected chi connectivity index (χ1v) is 6.28. The Balaban J connectivity index is 3.13. The van der Waals surface area contributed by atoms with Gasteiger partial charge in [0.2, 0.25) is 0 Å². The zero-order chi connectivity index (χ0) is 12.3. The molecule has 1 N–H and O–H groups in total. The minimum absolute atomic E-state index is 0.0320. The third kappa shape index (κ3) is 3.06. The normalized spacial score (nSPS) is 14.2. The number of nitrogens with zero attached hydrogens (tertiary/aromatic N) is 1. The Labute approximate surface area is 107 Å². The van der Waals surface area contributed by atoms with Crippen LogP contribution in [0.5, 0.6) is 0 Å². The van der Waals surface area contributed by atoms with Crippen LogP contribution >= 0.6 is 15.9 Å². The van der Waals surface area contributed by atoms with Crippen molar-refractivity contribution in [3.05, 3.63) is 34.3 Å². The van der Waals surface area contributed by atoms with Crippen LogP contribution in [0.1, 0.15) is 25.5 Å². The van der Waals surface area contributed by atoms with Gasteiger partial charge in [-0.15, -0.1) is 0 Å². The van der Waals surface area contributed by atoms with E-state index in [0.717, 1.165) is 4.47 Å². The van der Waals surface area contributed by atoms with Crippen molar-refractivity contribution in [2.24, 2.45) is 0 Å². The summed E-state index contributed by atoms with van der Waals surface area (Å²) in [5, 5.41) is 3.38. The molecule has 0 aromatic heterocycles. The molecule has 1 atom stereocenters. The van der Waals surface area contributed by atoms with Crippen LogP contribution in [0.25, 0.3) is 0 Å². The van der Waals surface area contributed by atoms with E-state index in [1.165, 1.54) is 5.56 Å². The van der Waals surface area contributed by atoms with Crippen molar-refractivity contribution in [1.82, 2.24) is 10.2 Å². The second kappa shape index (κ2) is 5.30. The molecule has 1 rings (SSSR count). The maximum Gasteiger partial charge on any atom is 0.0519 e. The molecule has 0 amide bonds. The lowest BCUT2D eigenvalue weighted by Crippen LogP contribution is -2.48. The van der Waals surface area contributed by atoms with Gasteiger partial charge in [0.05, 0.1) is 6.04 Å². The molecule has 90 valence electrons. The SMILES string of the molecule is CNC(C)(C)C(c1cccc(Br)c1)N(C)C. The average molecular weight is 285 g/mol. The van der Waals surface area contributed by atoms with Crippen LogP contribution in [0.4, 0.5) is 0 Å². The second-order valence-corrected chi connectivity index (χ2v) is 5.81. The monoisotopic (exact) mass is 284 g/mol. The van der Waals surface area contributed by atoms with Crippen molar-refractivity contribution in [3.8, 4) is 0 Å². The lowest BCUT2D eigenvalue weighted by Gasteiger charge is -2.39. The van der Waals surface area contributed by atoms with Gasteiger partial charge in [0.15, 0.2) is 0 Å². The van der Waals surface area contributed by atoms with E-state index in [9.17, 15) is 0 Å². The molecular weight excluding hydrogens is 264 g/mol. The number of nitrogens with one attached hydrogen (secondary N) is 1. The highest BCUT2D eigenvalue weighted by Gasteiger charge is 2.30. The number of rotatable bonds is 4. The predicted molar refractivity (Wildman–Crippen MR) is 73.7 cm³/mol. The lowest BCUT2D eigenvalue weighted by molar-refractivity contribution is 0.177. The van der Waals surface area contributed by atoms with E-state index < -0.39 is 0 Å². The van der Waals surface area contributed by atoms with Gasteiger partial charge in [-0.3, -0.25) is 0 Å². The van der Waals surface area contributed by atoms with E-state index in [2.05, 4.69) is 78.4 Å². The number of hydrogen-bond donors (Lipinski definition) is 1. The van der Waals surface area contributed by atoms with Gasteiger partial charge in [-0.1, -0.05) is 28.1 Å².